The van der Waals surface area contributed by atoms with E-state index in [-0.39, 0.29) is 5.91 Å². The Hall–Kier alpha value is -2.24. The molecule has 2 rings (SSSR count). The molecule has 1 amide bonds. The molecule has 0 saturated carbocycles. The zero-order valence-electron chi connectivity index (χ0n) is 14.9. The van der Waals surface area contributed by atoms with Crippen molar-refractivity contribution in [2.45, 2.75) is 40.5 Å². The van der Waals surface area contributed by atoms with Gasteiger partial charge >= 0.3 is 0 Å². The van der Waals surface area contributed by atoms with Crippen LogP contribution in [-0.2, 0) is 11.2 Å². The van der Waals surface area contributed by atoms with Gasteiger partial charge in [0.1, 0.15) is 5.69 Å². The van der Waals surface area contributed by atoms with Crippen molar-refractivity contribution in [2.75, 3.05) is 13.1 Å². The average molecular weight is 330 g/mol. The third kappa shape index (κ3) is 5.44. The molecule has 0 bridgehead atoms. The summed E-state index contributed by atoms with van der Waals surface area (Å²) >= 11 is 0. The molecule has 2 aromatic heterocycles. The quantitative estimate of drug-likeness (QED) is 0.743. The van der Waals surface area contributed by atoms with E-state index in [1.54, 1.807) is 6.20 Å². The summed E-state index contributed by atoms with van der Waals surface area (Å²) in [5, 5.41) is 3.93. The molecule has 0 unspecified atom stereocenters. The van der Waals surface area contributed by atoms with Crippen LogP contribution in [0.15, 0.2) is 28.9 Å². The molecule has 0 N–H and O–H groups in total. The van der Waals surface area contributed by atoms with Gasteiger partial charge in [-0.1, -0.05) is 38.9 Å². The number of nitrogens with zero attached hydrogens (tertiary/aromatic N) is 4. The Labute approximate surface area is 143 Å². The standard InChI is InChI=1S/C18H26N4O2/c1-13(2)11-22(12-14(3)4)17(23)9-8-16-20-18(21-24-16)15-7-5-6-10-19-15/h5-7,10,13-14H,8-9,11-12H2,1-4H3. The number of rotatable bonds is 8. The van der Waals surface area contributed by atoms with Gasteiger partial charge in [0.15, 0.2) is 0 Å². The molecule has 0 spiro atoms. The molecule has 0 aliphatic carbocycles. The number of amides is 1. The maximum absolute atomic E-state index is 12.5. The second-order valence-electron chi connectivity index (χ2n) is 6.81. The molecule has 0 atom stereocenters. The molecule has 0 aliphatic heterocycles. The third-order valence-electron chi connectivity index (χ3n) is 3.44. The Morgan fingerprint density at radius 3 is 2.46 bits per heavy atom. The van der Waals surface area contributed by atoms with Gasteiger partial charge in [-0.25, -0.2) is 0 Å². The molecule has 6 heteroatoms. The molecule has 0 saturated heterocycles. The van der Waals surface area contributed by atoms with Crippen molar-refractivity contribution in [1.82, 2.24) is 20.0 Å². The number of carbonyl (C=O) groups is 1. The highest BCUT2D eigenvalue weighted by molar-refractivity contribution is 5.76. The van der Waals surface area contributed by atoms with Gasteiger partial charge in [0, 0.05) is 32.1 Å². The van der Waals surface area contributed by atoms with Crippen LogP contribution >= 0.6 is 0 Å². The van der Waals surface area contributed by atoms with Gasteiger partial charge in [-0.15, -0.1) is 0 Å². The number of pyridine rings is 1. The Balaban J connectivity index is 1.94. The molecule has 6 nitrogen and oxygen atoms in total. The monoisotopic (exact) mass is 330 g/mol. The Morgan fingerprint density at radius 1 is 1.17 bits per heavy atom. The maximum atomic E-state index is 12.5. The molecular formula is C18H26N4O2. The summed E-state index contributed by atoms with van der Waals surface area (Å²) in [6.07, 6.45) is 2.51. The van der Waals surface area contributed by atoms with Crippen LogP contribution in [0.25, 0.3) is 11.5 Å². The zero-order valence-corrected chi connectivity index (χ0v) is 14.9. The fourth-order valence-electron chi connectivity index (χ4n) is 2.49. The fraction of sp³-hybridized carbons (Fsp3) is 0.556. The van der Waals surface area contributed by atoms with Crippen molar-refractivity contribution in [3.05, 3.63) is 30.3 Å². The minimum atomic E-state index is 0.134. The van der Waals surface area contributed by atoms with Gasteiger partial charge in [0.25, 0.3) is 0 Å². The molecule has 0 aromatic carbocycles. The molecule has 24 heavy (non-hydrogen) atoms. The first kappa shape index (κ1) is 18.1. The van der Waals surface area contributed by atoms with Crippen LogP contribution < -0.4 is 0 Å². The predicted molar refractivity (Wildman–Crippen MR) is 92.1 cm³/mol. The first-order valence-electron chi connectivity index (χ1n) is 8.47. The van der Waals surface area contributed by atoms with Crippen LogP contribution in [0.2, 0.25) is 0 Å². The van der Waals surface area contributed by atoms with Gasteiger partial charge in [0.2, 0.25) is 17.6 Å². The summed E-state index contributed by atoms with van der Waals surface area (Å²) in [7, 11) is 0. The van der Waals surface area contributed by atoms with Crippen molar-refractivity contribution < 1.29 is 9.32 Å². The fourth-order valence-corrected chi connectivity index (χ4v) is 2.49. The first-order chi connectivity index (χ1) is 11.5. The largest absolute Gasteiger partial charge is 0.342 e. The van der Waals surface area contributed by atoms with Gasteiger partial charge in [-0.3, -0.25) is 9.78 Å². The topological polar surface area (TPSA) is 72.1 Å². The van der Waals surface area contributed by atoms with Crippen molar-refractivity contribution in [3.63, 3.8) is 0 Å². The van der Waals surface area contributed by atoms with E-state index in [1.165, 1.54) is 0 Å². The van der Waals surface area contributed by atoms with Gasteiger partial charge < -0.3 is 9.42 Å². The smallest absolute Gasteiger partial charge is 0.227 e. The van der Waals surface area contributed by atoms with Crippen molar-refractivity contribution >= 4 is 5.91 Å². The highest BCUT2D eigenvalue weighted by atomic mass is 16.5. The first-order valence-corrected chi connectivity index (χ1v) is 8.47. The lowest BCUT2D eigenvalue weighted by Crippen LogP contribution is -2.37. The molecule has 130 valence electrons. The van der Waals surface area contributed by atoms with E-state index in [0.29, 0.717) is 42.1 Å². The summed E-state index contributed by atoms with van der Waals surface area (Å²) in [5.41, 5.74) is 0.667. The summed E-state index contributed by atoms with van der Waals surface area (Å²) in [5.74, 6) is 1.96. The van der Waals surface area contributed by atoms with Gasteiger partial charge in [-0.05, 0) is 24.0 Å². The van der Waals surface area contributed by atoms with E-state index in [9.17, 15) is 4.79 Å². The van der Waals surface area contributed by atoms with E-state index < -0.39 is 0 Å². The summed E-state index contributed by atoms with van der Waals surface area (Å²) in [6.45, 7) is 10.0. The number of carbonyl (C=O) groups excluding carboxylic acids is 1. The van der Waals surface area contributed by atoms with Crippen LogP contribution in [0.3, 0.4) is 0 Å². The number of hydrogen-bond acceptors (Lipinski definition) is 5. The van der Waals surface area contributed by atoms with Crippen molar-refractivity contribution in [1.29, 1.82) is 0 Å². The highest BCUT2D eigenvalue weighted by Crippen LogP contribution is 2.13. The molecule has 2 heterocycles. The number of hydrogen-bond donors (Lipinski definition) is 0. The Bertz CT molecular complexity index is 627. The second-order valence-corrected chi connectivity index (χ2v) is 6.81. The predicted octanol–water partition coefficient (Wildman–Crippen LogP) is 3.20. The van der Waals surface area contributed by atoms with Gasteiger partial charge in [-0.2, -0.15) is 4.98 Å². The SMILES string of the molecule is CC(C)CN(CC(C)C)C(=O)CCc1nc(-c2ccccn2)no1. The summed E-state index contributed by atoms with van der Waals surface area (Å²) in [6, 6.07) is 5.53. The lowest BCUT2D eigenvalue weighted by atomic mass is 10.1. The molecule has 0 radical (unpaired) electrons. The molecule has 0 fully saturated rings. The Morgan fingerprint density at radius 2 is 1.88 bits per heavy atom. The molecule has 2 aromatic rings. The average Bonchev–Trinajstić information content (AvgIpc) is 3.01. The van der Waals surface area contributed by atoms with Crippen LogP contribution in [-0.4, -0.2) is 39.0 Å². The minimum absolute atomic E-state index is 0.134. The number of aryl methyl sites for hydroxylation is 1. The van der Waals surface area contributed by atoms with Crippen LogP contribution in [0.5, 0.6) is 0 Å². The zero-order chi connectivity index (χ0) is 17.5. The van der Waals surface area contributed by atoms with Crippen molar-refractivity contribution in [3.8, 4) is 11.5 Å². The summed E-state index contributed by atoms with van der Waals surface area (Å²) < 4.78 is 5.24. The Kier molecular flexibility index (Phi) is 6.46. The van der Waals surface area contributed by atoms with E-state index >= 15 is 0 Å². The van der Waals surface area contributed by atoms with E-state index in [4.69, 9.17) is 4.52 Å². The van der Waals surface area contributed by atoms with E-state index in [0.717, 1.165) is 13.1 Å². The lowest BCUT2D eigenvalue weighted by molar-refractivity contribution is -0.132. The molecule has 0 aliphatic rings. The second kappa shape index (κ2) is 8.57. The third-order valence-corrected chi connectivity index (χ3v) is 3.44. The summed E-state index contributed by atoms with van der Waals surface area (Å²) in [4.78, 5) is 22.9. The van der Waals surface area contributed by atoms with E-state index in [1.807, 2.05) is 23.1 Å². The molecular weight excluding hydrogens is 304 g/mol. The minimum Gasteiger partial charge on any atom is -0.342 e. The van der Waals surface area contributed by atoms with Crippen LogP contribution in [0, 0.1) is 11.8 Å². The lowest BCUT2D eigenvalue weighted by Gasteiger charge is -2.26. The normalized spacial score (nSPS) is 11.2. The van der Waals surface area contributed by atoms with E-state index in [2.05, 4.69) is 42.8 Å². The van der Waals surface area contributed by atoms with Gasteiger partial charge in [0.05, 0.1) is 0 Å². The highest BCUT2D eigenvalue weighted by Gasteiger charge is 2.18. The van der Waals surface area contributed by atoms with Crippen LogP contribution in [0.1, 0.15) is 40.0 Å². The maximum Gasteiger partial charge on any atom is 0.227 e. The van der Waals surface area contributed by atoms with Crippen LogP contribution in [0.4, 0.5) is 0 Å². The number of aromatic nitrogens is 3. The van der Waals surface area contributed by atoms with Crippen molar-refractivity contribution in [2.24, 2.45) is 11.8 Å².